The molecule has 0 bridgehead atoms. The molecule has 1 radical (unpaired) electrons. The monoisotopic (exact) mass is 195 g/mol. The van der Waals surface area contributed by atoms with E-state index in [9.17, 15) is 0 Å². The number of rotatable bonds is 4. The lowest BCUT2D eigenvalue weighted by molar-refractivity contribution is 0.313. The summed E-state index contributed by atoms with van der Waals surface area (Å²) in [6.45, 7) is 4.95. The average molecular weight is 195 g/mol. The Kier molecular flexibility index (Phi) is 3.99. The van der Waals surface area contributed by atoms with E-state index in [1.54, 1.807) is 7.11 Å². The van der Waals surface area contributed by atoms with E-state index in [0.717, 1.165) is 5.75 Å². The number of benzene rings is 1. The fourth-order valence-electron chi connectivity index (χ4n) is 0.990. The number of ether oxygens (including phenoxy) is 1. The van der Waals surface area contributed by atoms with Crippen LogP contribution in [-0.2, 0) is 11.0 Å². The molecule has 1 aromatic carbocycles. The smallest absolute Gasteiger partial charge is 0.205 e. The third-order valence-electron chi connectivity index (χ3n) is 1.66. The van der Waals surface area contributed by atoms with Crippen LogP contribution in [0.4, 0.5) is 0 Å². The van der Waals surface area contributed by atoms with Crippen LogP contribution in [0.1, 0.15) is 5.56 Å². The number of methoxy groups -OCH3 is 1. The second-order valence-corrected chi connectivity index (χ2v) is 5.15. The first-order valence-corrected chi connectivity index (χ1v) is 6.69. The van der Waals surface area contributed by atoms with Crippen molar-refractivity contribution >= 4 is 9.04 Å². The number of hydrogen-bond donors (Lipinski definition) is 0. The Hall–Kier alpha value is -0.803. The maximum Gasteiger partial charge on any atom is 0.205 e. The van der Waals surface area contributed by atoms with Crippen molar-refractivity contribution in [1.29, 1.82) is 0 Å². The van der Waals surface area contributed by atoms with Crippen LogP contribution in [0.2, 0.25) is 13.1 Å². The summed E-state index contributed by atoms with van der Waals surface area (Å²) in [4.78, 5) is 0. The average Bonchev–Trinajstić information content (AvgIpc) is 2.15. The van der Waals surface area contributed by atoms with E-state index in [1.807, 2.05) is 24.3 Å². The first kappa shape index (κ1) is 10.3. The fourth-order valence-corrected chi connectivity index (χ4v) is 1.45. The summed E-state index contributed by atoms with van der Waals surface area (Å²) < 4.78 is 10.7. The van der Waals surface area contributed by atoms with Crippen LogP contribution in [0.5, 0.6) is 5.75 Å². The molecule has 13 heavy (non-hydrogen) atoms. The predicted octanol–water partition coefficient (Wildman–Crippen LogP) is 2.46. The van der Waals surface area contributed by atoms with Crippen LogP contribution < -0.4 is 4.74 Å². The van der Waals surface area contributed by atoms with Crippen LogP contribution in [0.15, 0.2) is 24.3 Å². The molecule has 2 nitrogen and oxygen atoms in total. The molecule has 0 amide bonds. The van der Waals surface area contributed by atoms with Crippen molar-refractivity contribution in [2.45, 2.75) is 19.7 Å². The van der Waals surface area contributed by atoms with Crippen molar-refractivity contribution in [3.63, 3.8) is 0 Å². The van der Waals surface area contributed by atoms with E-state index in [4.69, 9.17) is 9.16 Å². The fraction of sp³-hybridized carbons (Fsp3) is 0.400. The van der Waals surface area contributed by atoms with E-state index in [2.05, 4.69) is 13.1 Å². The molecular formula is C10H15O2Si. The van der Waals surface area contributed by atoms with Gasteiger partial charge in [-0.2, -0.15) is 0 Å². The van der Waals surface area contributed by atoms with Crippen molar-refractivity contribution < 1.29 is 9.16 Å². The molecule has 0 atom stereocenters. The van der Waals surface area contributed by atoms with Crippen LogP contribution >= 0.6 is 0 Å². The predicted molar refractivity (Wildman–Crippen MR) is 55.3 cm³/mol. The molecular weight excluding hydrogens is 180 g/mol. The van der Waals surface area contributed by atoms with E-state index >= 15 is 0 Å². The number of hydrogen-bond acceptors (Lipinski definition) is 2. The van der Waals surface area contributed by atoms with E-state index in [-0.39, 0.29) is 0 Å². The molecule has 1 rings (SSSR count). The summed E-state index contributed by atoms with van der Waals surface area (Å²) >= 11 is 0. The van der Waals surface area contributed by atoms with Gasteiger partial charge in [0.15, 0.2) is 0 Å². The molecule has 0 unspecified atom stereocenters. The van der Waals surface area contributed by atoms with Crippen molar-refractivity contribution in [3.05, 3.63) is 29.8 Å². The summed E-state index contributed by atoms with van der Waals surface area (Å²) in [6.07, 6.45) is 0. The highest BCUT2D eigenvalue weighted by Gasteiger charge is 1.99. The second-order valence-electron chi connectivity index (χ2n) is 3.05. The zero-order chi connectivity index (χ0) is 9.68. The topological polar surface area (TPSA) is 18.5 Å². The minimum Gasteiger partial charge on any atom is -0.497 e. The van der Waals surface area contributed by atoms with Gasteiger partial charge < -0.3 is 9.16 Å². The summed E-state index contributed by atoms with van der Waals surface area (Å²) in [5.41, 5.74) is 1.17. The standard InChI is InChI=1S/C10H15O2Si/c1-11-10-6-4-5-9(7-10)8-12-13(2)3/h4-7H,8H2,1-3H3. The molecule has 0 N–H and O–H groups in total. The lowest BCUT2D eigenvalue weighted by Gasteiger charge is -2.07. The normalized spacial score (nSPS) is 10.5. The van der Waals surface area contributed by atoms with Gasteiger partial charge in [0.05, 0.1) is 13.7 Å². The summed E-state index contributed by atoms with van der Waals surface area (Å²) in [7, 11) is 1.08. The summed E-state index contributed by atoms with van der Waals surface area (Å²) in [5, 5.41) is 0. The second kappa shape index (κ2) is 5.04. The maximum atomic E-state index is 5.57. The lowest BCUT2D eigenvalue weighted by atomic mass is 10.2. The Morgan fingerprint density at radius 1 is 1.31 bits per heavy atom. The van der Waals surface area contributed by atoms with Crippen LogP contribution in [0.25, 0.3) is 0 Å². The Morgan fingerprint density at radius 2 is 2.08 bits per heavy atom. The van der Waals surface area contributed by atoms with Crippen LogP contribution in [0, 0.1) is 0 Å². The molecule has 71 valence electrons. The SMILES string of the molecule is COc1cccc(CO[Si](C)C)c1. The molecule has 0 aliphatic rings. The van der Waals surface area contributed by atoms with Gasteiger partial charge >= 0.3 is 0 Å². The largest absolute Gasteiger partial charge is 0.497 e. The molecule has 0 aromatic heterocycles. The van der Waals surface area contributed by atoms with Crippen molar-refractivity contribution in [3.8, 4) is 5.75 Å². The summed E-state index contributed by atoms with van der Waals surface area (Å²) in [6, 6.07) is 7.97. The molecule has 0 fully saturated rings. The highest BCUT2D eigenvalue weighted by Crippen LogP contribution is 2.13. The molecule has 3 heteroatoms. The van der Waals surface area contributed by atoms with Crippen molar-refractivity contribution in [1.82, 2.24) is 0 Å². The van der Waals surface area contributed by atoms with Gasteiger partial charge in [-0.3, -0.25) is 0 Å². The Morgan fingerprint density at radius 3 is 2.69 bits per heavy atom. The third kappa shape index (κ3) is 3.61. The first-order valence-electron chi connectivity index (χ1n) is 4.28. The quantitative estimate of drug-likeness (QED) is 0.687. The minimum absolute atomic E-state index is 0.592. The van der Waals surface area contributed by atoms with Crippen LogP contribution in [0.3, 0.4) is 0 Å². The van der Waals surface area contributed by atoms with Gasteiger partial charge in [0.25, 0.3) is 0 Å². The molecule has 0 aliphatic carbocycles. The molecule has 1 aromatic rings. The van der Waals surface area contributed by atoms with E-state index in [1.165, 1.54) is 5.56 Å². The molecule has 0 aliphatic heterocycles. The van der Waals surface area contributed by atoms with Gasteiger partial charge in [-0.1, -0.05) is 12.1 Å². The lowest BCUT2D eigenvalue weighted by Crippen LogP contribution is -2.07. The highest BCUT2D eigenvalue weighted by molar-refractivity contribution is 6.48. The van der Waals surface area contributed by atoms with Crippen molar-refractivity contribution in [2.75, 3.05) is 7.11 Å². The van der Waals surface area contributed by atoms with Gasteiger partial charge in [0.2, 0.25) is 9.04 Å². The highest BCUT2D eigenvalue weighted by atomic mass is 28.3. The van der Waals surface area contributed by atoms with Gasteiger partial charge in [0.1, 0.15) is 5.75 Å². The first-order chi connectivity index (χ1) is 6.22. The third-order valence-corrected chi connectivity index (χ3v) is 2.38. The Bertz CT molecular complexity index is 261. The van der Waals surface area contributed by atoms with Gasteiger partial charge in [-0.25, -0.2) is 0 Å². The zero-order valence-corrected chi connectivity index (χ0v) is 9.33. The maximum absolute atomic E-state index is 5.57. The summed E-state index contributed by atoms with van der Waals surface area (Å²) in [5.74, 6) is 0.891. The Balaban J connectivity index is 2.56. The molecule has 0 heterocycles. The van der Waals surface area contributed by atoms with E-state index < -0.39 is 9.04 Å². The minimum atomic E-state index is -0.592. The molecule has 0 saturated carbocycles. The zero-order valence-electron chi connectivity index (χ0n) is 8.33. The Labute approximate surface area is 81.2 Å². The van der Waals surface area contributed by atoms with Gasteiger partial charge in [-0.15, -0.1) is 0 Å². The van der Waals surface area contributed by atoms with Crippen LogP contribution in [-0.4, -0.2) is 16.2 Å². The molecule has 0 spiro atoms. The van der Waals surface area contributed by atoms with Gasteiger partial charge in [0, 0.05) is 0 Å². The molecule has 0 saturated heterocycles. The van der Waals surface area contributed by atoms with E-state index in [0.29, 0.717) is 6.61 Å². The van der Waals surface area contributed by atoms with Crippen molar-refractivity contribution in [2.24, 2.45) is 0 Å². The van der Waals surface area contributed by atoms with Gasteiger partial charge in [-0.05, 0) is 30.8 Å².